The minimum atomic E-state index is -0.447. The van der Waals surface area contributed by atoms with E-state index in [9.17, 15) is 5.11 Å². The molecule has 3 heteroatoms. The average Bonchev–Trinajstić information content (AvgIpc) is 2.46. The predicted molar refractivity (Wildman–Crippen MR) is 80.4 cm³/mol. The zero-order chi connectivity index (χ0) is 13.7. The molecule has 1 atom stereocenters. The number of rotatable bonds is 5. The monoisotopic (exact) mass is 320 g/mol. The number of aliphatic hydroxyl groups is 1. The molecule has 100 valence electrons. The number of ether oxygens (including phenoxy) is 1. The maximum atomic E-state index is 10.2. The van der Waals surface area contributed by atoms with E-state index in [4.69, 9.17) is 4.74 Å². The van der Waals surface area contributed by atoms with Crippen LogP contribution in [0.3, 0.4) is 0 Å². The molecule has 0 aliphatic heterocycles. The summed E-state index contributed by atoms with van der Waals surface area (Å²) in [4.78, 5) is 0. The first-order chi connectivity index (χ1) is 9.20. The molecule has 0 bridgehead atoms. The second-order valence-electron chi connectivity index (χ2n) is 4.42. The maximum Gasteiger partial charge on any atom is 0.118 e. The first-order valence-electron chi connectivity index (χ1n) is 6.26. The van der Waals surface area contributed by atoms with Crippen molar-refractivity contribution in [1.82, 2.24) is 0 Å². The van der Waals surface area contributed by atoms with Crippen LogP contribution in [-0.2, 0) is 6.42 Å². The summed E-state index contributed by atoms with van der Waals surface area (Å²) in [5, 5.41) is 10.2. The number of halogens is 1. The molecular weight excluding hydrogens is 304 g/mol. The predicted octanol–water partition coefficient (Wildman–Crippen LogP) is 4.12. The van der Waals surface area contributed by atoms with E-state index in [0.717, 1.165) is 22.2 Å². The van der Waals surface area contributed by atoms with Gasteiger partial charge >= 0.3 is 0 Å². The molecule has 0 saturated heterocycles. The molecule has 0 amide bonds. The summed E-state index contributed by atoms with van der Waals surface area (Å²) >= 11 is 3.47. The zero-order valence-corrected chi connectivity index (χ0v) is 12.4. The Balaban J connectivity index is 1.96. The molecule has 0 heterocycles. The summed E-state index contributed by atoms with van der Waals surface area (Å²) in [6.07, 6.45) is 1.10. The highest BCUT2D eigenvalue weighted by molar-refractivity contribution is 9.10. The Morgan fingerprint density at radius 2 is 1.79 bits per heavy atom. The van der Waals surface area contributed by atoms with Crippen LogP contribution in [-0.4, -0.2) is 12.2 Å². The van der Waals surface area contributed by atoms with Gasteiger partial charge in [-0.25, -0.2) is 0 Å². The SMILES string of the molecule is COc1ccc(CCC(O)c2ccccc2Br)cc1. The zero-order valence-electron chi connectivity index (χ0n) is 10.8. The standard InChI is InChI=1S/C16H17BrO2/c1-19-13-9-6-12(7-10-13)8-11-16(18)14-4-2-3-5-15(14)17/h2-7,9-10,16,18H,8,11H2,1H3. The van der Waals surface area contributed by atoms with Gasteiger partial charge in [0, 0.05) is 4.47 Å². The molecule has 2 aromatic carbocycles. The molecule has 0 aliphatic carbocycles. The van der Waals surface area contributed by atoms with Gasteiger partial charge in [-0.1, -0.05) is 46.3 Å². The minimum absolute atomic E-state index is 0.447. The topological polar surface area (TPSA) is 29.5 Å². The van der Waals surface area contributed by atoms with Crippen molar-refractivity contribution < 1.29 is 9.84 Å². The first kappa shape index (κ1) is 14.1. The third-order valence-corrected chi connectivity index (χ3v) is 3.85. The molecule has 1 N–H and O–H groups in total. The van der Waals surface area contributed by atoms with Crippen LogP contribution >= 0.6 is 15.9 Å². The van der Waals surface area contributed by atoms with Crippen molar-refractivity contribution in [2.24, 2.45) is 0 Å². The van der Waals surface area contributed by atoms with Crippen LogP contribution in [0.2, 0.25) is 0 Å². The summed E-state index contributed by atoms with van der Waals surface area (Å²) in [6, 6.07) is 15.7. The molecule has 0 fully saturated rings. The summed E-state index contributed by atoms with van der Waals surface area (Å²) in [7, 11) is 1.66. The summed E-state index contributed by atoms with van der Waals surface area (Å²) in [5.74, 6) is 0.857. The van der Waals surface area contributed by atoms with Gasteiger partial charge in [0.2, 0.25) is 0 Å². The minimum Gasteiger partial charge on any atom is -0.497 e. The number of benzene rings is 2. The van der Waals surface area contributed by atoms with Crippen LogP contribution in [0.25, 0.3) is 0 Å². The summed E-state index contributed by atoms with van der Waals surface area (Å²) < 4.78 is 6.08. The van der Waals surface area contributed by atoms with E-state index in [2.05, 4.69) is 15.9 Å². The van der Waals surface area contributed by atoms with Gasteiger partial charge in [-0.15, -0.1) is 0 Å². The Kier molecular flexibility index (Phi) is 5.00. The van der Waals surface area contributed by atoms with Crippen molar-refractivity contribution in [3.8, 4) is 5.75 Å². The molecule has 1 unspecified atom stereocenters. The van der Waals surface area contributed by atoms with E-state index in [-0.39, 0.29) is 0 Å². The van der Waals surface area contributed by atoms with Gasteiger partial charge < -0.3 is 9.84 Å². The van der Waals surface area contributed by atoms with Gasteiger partial charge in [0.1, 0.15) is 5.75 Å². The van der Waals surface area contributed by atoms with E-state index in [1.54, 1.807) is 7.11 Å². The van der Waals surface area contributed by atoms with Gasteiger partial charge in [-0.2, -0.15) is 0 Å². The lowest BCUT2D eigenvalue weighted by Crippen LogP contribution is -2.00. The lowest BCUT2D eigenvalue weighted by molar-refractivity contribution is 0.167. The number of methoxy groups -OCH3 is 1. The van der Waals surface area contributed by atoms with Crippen LogP contribution in [0.15, 0.2) is 53.0 Å². The van der Waals surface area contributed by atoms with Crippen LogP contribution in [0.5, 0.6) is 5.75 Å². The van der Waals surface area contributed by atoms with E-state index in [0.29, 0.717) is 6.42 Å². The van der Waals surface area contributed by atoms with E-state index < -0.39 is 6.10 Å². The van der Waals surface area contributed by atoms with E-state index >= 15 is 0 Å². The summed E-state index contributed by atoms with van der Waals surface area (Å²) in [5.41, 5.74) is 2.14. The second-order valence-corrected chi connectivity index (χ2v) is 5.28. The third-order valence-electron chi connectivity index (χ3n) is 3.13. The molecule has 0 aliphatic rings. The molecule has 0 saturated carbocycles. The number of aliphatic hydroxyl groups excluding tert-OH is 1. The highest BCUT2D eigenvalue weighted by Crippen LogP contribution is 2.26. The normalized spacial score (nSPS) is 12.2. The fraction of sp³-hybridized carbons (Fsp3) is 0.250. The second kappa shape index (κ2) is 6.73. The Labute approximate surface area is 122 Å². The molecule has 2 rings (SSSR count). The molecule has 2 nitrogen and oxygen atoms in total. The Hall–Kier alpha value is -1.32. The van der Waals surface area contributed by atoms with Crippen molar-refractivity contribution in [1.29, 1.82) is 0 Å². The van der Waals surface area contributed by atoms with Gasteiger partial charge in [0.25, 0.3) is 0 Å². The maximum absolute atomic E-state index is 10.2. The first-order valence-corrected chi connectivity index (χ1v) is 7.05. The van der Waals surface area contributed by atoms with Gasteiger partial charge in [-0.3, -0.25) is 0 Å². The van der Waals surface area contributed by atoms with Crippen molar-refractivity contribution in [3.63, 3.8) is 0 Å². The van der Waals surface area contributed by atoms with Crippen molar-refractivity contribution in [2.75, 3.05) is 7.11 Å². The fourth-order valence-electron chi connectivity index (χ4n) is 2.00. The largest absolute Gasteiger partial charge is 0.497 e. The fourth-order valence-corrected chi connectivity index (χ4v) is 2.55. The Bertz CT molecular complexity index is 523. The van der Waals surface area contributed by atoms with Gasteiger partial charge in [0.05, 0.1) is 13.2 Å². The van der Waals surface area contributed by atoms with Crippen LogP contribution in [0.4, 0.5) is 0 Å². The van der Waals surface area contributed by atoms with Crippen LogP contribution in [0, 0.1) is 0 Å². The molecule has 19 heavy (non-hydrogen) atoms. The number of hydrogen-bond donors (Lipinski definition) is 1. The Morgan fingerprint density at radius 3 is 2.42 bits per heavy atom. The Morgan fingerprint density at radius 1 is 1.11 bits per heavy atom. The van der Waals surface area contributed by atoms with Gasteiger partial charge in [-0.05, 0) is 42.2 Å². The van der Waals surface area contributed by atoms with Crippen LogP contribution in [0.1, 0.15) is 23.7 Å². The highest BCUT2D eigenvalue weighted by atomic mass is 79.9. The van der Waals surface area contributed by atoms with Crippen molar-refractivity contribution in [2.45, 2.75) is 18.9 Å². The van der Waals surface area contributed by atoms with Gasteiger partial charge in [0.15, 0.2) is 0 Å². The van der Waals surface area contributed by atoms with Crippen molar-refractivity contribution in [3.05, 3.63) is 64.1 Å². The average molecular weight is 321 g/mol. The lowest BCUT2D eigenvalue weighted by atomic mass is 10.0. The van der Waals surface area contributed by atoms with Crippen LogP contribution < -0.4 is 4.74 Å². The highest BCUT2D eigenvalue weighted by Gasteiger charge is 2.10. The van der Waals surface area contributed by atoms with E-state index in [1.165, 1.54) is 5.56 Å². The third kappa shape index (κ3) is 3.82. The summed E-state index contributed by atoms with van der Waals surface area (Å²) in [6.45, 7) is 0. The van der Waals surface area contributed by atoms with E-state index in [1.807, 2.05) is 48.5 Å². The number of aryl methyl sites for hydroxylation is 1. The van der Waals surface area contributed by atoms with Crippen molar-refractivity contribution >= 4 is 15.9 Å². The number of hydrogen-bond acceptors (Lipinski definition) is 2. The molecule has 2 aromatic rings. The lowest BCUT2D eigenvalue weighted by Gasteiger charge is -2.12. The molecular formula is C16H17BrO2. The quantitative estimate of drug-likeness (QED) is 0.897. The smallest absolute Gasteiger partial charge is 0.118 e. The molecule has 0 radical (unpaired) electrons. The molecule has 0 aromatic heterocycles. The molecule has 0 spiro atoms.